The fourth-order valence-corrected chi connectivity index (χ4v) is 3.28. The lowest BCUT2D eigenvalue weighted by atomic mass is 9.95. The van der Waals surface area contributed by atoms with Gasteiger partial charge in [0.1, 0.15) is 0 Å². The first-order valence-corrected chi connectivity index (χ1v) is 7.29. The molecule has 2 aliphatic rings. The van der Waals surface area contributed by atoms with Crippen molar-refractivity contribution in [2.24, 2.45) is 5.92 Å². The summed E-state index contributed by atoms with van der Waals surface area (Å²) in [6, 6.07) is 1.46. The van der Waals surface area contributed by atoms with Gasteiger partial charge < -0.3 is 15.0 Å². The van der Waals surface area contributed by atoms with Gasteiger partial charge in [0.05, 0.1) is 6.10 Å². The third kappa shape index (κ3) is 3.43. The molecule has 0 amide bonds. The zero-order valence-corrected chi connectivity index (χ0v) is 11.6. The van der Waals surface area contributed by atoms with E-state index in [0.29, 0.717) is 6.10 Å². The number of hydrogen-bond acceptors (Lipinski definition) is 3. The first-order chi connectivity index (χ1) is 8.20. The van der Waals surface area contributed by atoms with Gasteiger partial charge in [-0.05, 0) is 52.1 Å². The largest absolute Gasteiger partial charge is 0.378 e. The lowest BCUT2D eigenvalue weighted by Gasteiger charge is -2.39. The van der Waals surface area contributed by atoms with Crippen molar-refractivity contribution in [3.63, 3.8) is 0 Å². The van der Waals surface area contributed by atoms with Gasteiger partial charge in [-0.25, -0.2) is 0 Å². The molecule has 4 unspecified atom stereocenters. The van der Waals surface area contributed by atoms with E-state index in [9.17, 15) is 0 Å². The van der Waals surface area contributed by atoms with Crippen LogP contribution in [0.3, 0.4) is 0 Å². The summed E-state index contributed by atoms with van der Waals surface area (Å²) in [5.41, 5.74) is 0. The fraction of sp³-hybridized carbons (Fsp3) is 1.00. The summed E-state index contributed by atoms with van der Waals surface area (Å²) in [5.74, 6) is 0.758. The van der Waals surface area contributed by atoms with Crippen molar-refractivity contribution < 1.29 is 4.74 Å². The molecule has 2 rings (SSSR count). The summed E-state index contributed by atoms with van der Waals surface area (Å²) in [5, 5.41) is 3.59. The van der Waals surface area contributed by atoms with Crippen molar-refractivity contribution in [2.75, 3.05) is 26.2 Å². The number of nitrogens with one attached hydrogen (secondary N) is 1. The van der Waals surface area contributed by atoms with Crippen LogP contribution in [0.5, 0.6) is 0 Å². The van der Waals surface area contributed by atoms with E-state index in [1.54, 1.807) is 0 Å². The second-order valence-corrected chi connectivity index (χ2v) is 5.75. The van der Waals surface area contributed by atoms with Gasteiger partial charge in [-0.15, -0.1) is 0 Å². The zero-order valence-electron chi connectivity index (χ0n) is 11.6. The predicted octanol–water partition coefficient (Wildman–Crippen LogP) is 1.87. The highest BCUT2D eigenvalue weighted by Gasteiger charge is 2.30. The topological polar surface area (TPSA) is 24.5 Å². The maximum Gasteiger partial charge on any atom is 0.0588 e. The molecule has 4 atom stereocenters. The normalized spacial score (nSPS) is 39.7. The average Bonchev–Trinajstić information content (AvgIpc) is 2.69. The van der Waals surface area contributed by atoms with Crippen molar-refractivity contribution in [3.8, 4) is 0 Å². The average molecular weight is 240 g/mol. The van der Waals surface area contributed by atoms with Crippen LogP contribution in [0.4, 0.5) is 0 Å². The smallest absolute Gasteiger partial charge is 0.0588 e. The highest BCUT2D eigenvalue weighted by atomic mass is 16.5. The molecule has 0 spiro atoms. The zero-order chi connectivity index (χ0) is 12.3. The molecular formula is C14H28N2O. The molecule has 3 heteroatoms. The van der Waals surface area contributed by atoms with Crippen LogP contribution in [0.1, 0.15) is 40.0 Å². The molecule has 3 nitrogen and oxygen atoms in total. The minimum atomic E-state index is 0.466. The Morgan fingerprint density at radius 3 is 2.71 bits per heavy atom. The summed E-state index contributed by atoms with van der Waals surface area (Å²) in [6.45, 7) is 11.4. The number of hydrogen-bond donors (Lipinski definition) is 1. The third-order valence-electron chi connectivity index (χ3n) is 4.51. The predicted molar refractivity (Wildman–Crippen MR) is 71.3 cm³/mol. The number of likely N-dealkylation sites (tertiary alicyclic amines) is 1. The summed E-state index contributed by atoms with van der Waals surface area (Å²) >= 11 is 0. The molecule has 2 fully saturated rings. The number of rotatable bonds is 4. The molecule has 0 radical (unpaired) electrons. The molecule has 1 N–H and O–H groups in total. The highest BCUT2D eigenvalue weighted by Crippen LogP contribution is 2.25. The Hall–Kier alpha value is -0.120. The van der Waals surface area contributed by atoms with Crippen molar-refractivity contribution >= 4 is 0 Å². The Bertz CT molecular complexity index is 234. The van der Waals surface area contributed by atoms with E-state index in [4.69, 9.17) is 4.74 Å². The summed E-state index contributed by atoms with van der Waals surface area (Å²) in [7, 11) is 0. The second-order valence-electron chi connectivity index (χ2n) is 5.75. The molecule has 0 aromatic carbocycles. The van der Waals surface area contributed by atoms with Crippen molar-refractivity contribution in [1.82, 2.24) is 10.2 Å². The quantitative estimate of drug-likeness (QED) is 0.812. The van der Waals surface area contributed by atoms with E-state index in [0.717, 1.165) is 31.2 Å². The van der Waals surface area contributed by atoms with E-state index in [1.807, 2.05) is 0 Å². The maximum absolute atomic E-state index is 5.66. The second kappa shape index (κ2) is 6.17. The summed E-state index contributed by atoms with van der Waals surface area (Å²) in [6.07, 6.45) is 4.32. The van der Waals surface area contributed by atoms with Crippen LogP contribution >= 0.6 is 0 Å². The van der Waals surface area contributed by atoms with Crippen LogP contribution in [0.2, 0.25) is 0 Å². The van der Waals surface area contributed by atoms with Crippen LogP contribution in [-0.2, 0) is 4.74 Å². The van der Waals surface area contributed by atoms with Crippen molar-refractivity contribution in [3.05, 3.63) is 0 Å². The van der Waals surface area contributed by atoms with Gasteiger partial charge in [-0.2, -0.15) is 0 Å². The third-order valence-corrected chi connectivity index (χ3v) is 4.51. The Morgan fingerprint density at radius 2 is 2.12 bits per heavy atom. The van der Waals surface area contributed by atoms with E-state index in [2.05, 4.69) is 31.0 Å². The number of piperidine rings is 1. The van der Waals surface area contributed by atoms with E-state index in [1.165, 1.54) is 32.4 Å². The van der Waals surface area contributed by atoms with Gasteiger partial charge in [-0.3, -0.25) is 0 Å². The molecule has 17 heavy (non-hydrogen) atoms. The van der Waals surface area contributed by atoms with Gasteiger partial charge in [-0.1, -0.05) is 6.92 Å². The molecule has 0 saturated carbocycles. The minimum absolute atomic E-state index is 0.466. The fourth-order valence-electron chi connectivity index (χ4n) is 3.28. The standard InChI is InChI=1S/C14H28N2O/c1-4-15-14-5-7-16(11(2)9-14)10-13-6-8-17-12(13)3/h11-15H,4-10H2,1-3H3. The van der Waals surface area contributed by atoms with Crippen LogP contribution < -0.4 is 5.32 Å². The first-order valence-electron chi connectivity index (χ1n) is 7.29. The van der Waals surface area contributed by atoms with Crippen molar-refractivity contribution in [1.29, 1.82) is 0 Å². The number of ether oxygens (including phenoxy) is 1. The number of nitrogens with zero attached hydrogens (tertiary/aromatic N) is 1. The van der Waals surface area contributed by atoms with Crippen LogP contribution in [-0.4, -0.2) is 49.3 Å². The van der Waals surface area contributed by atoms with Gasteiger partial charge in [0.2, 0.25) is 0 Å². The van der Waals surface area contributed by atoms with Gasteiger partial charge in [0.15, 0.2) is 0 Å². The Kier molecular flexibility index (Phi) is 4.83. The summed E-state index contributed by atoms with van der Waals surface area (Å²) < 4.78 is 5.66. The SMILES string of the molecule is CCNC1CCN(CC2CCOC2C)C(C)C1. The maximum atomic E-state index is 5.66. The van der Waals surface area contributed by atoms with Crippen LogP contribution in [0.15, 0.2) is 0 Å². The molecule has 2 saturated heterocycles. The highest BCUT2D eigenvalue weighted by molar-refractivity contribution is 4.85. The molecule has 2 aliphatic heterocycles. The minimum Gasteiger partial charge on any atom is -0.378 e. The Balaban J connectivity index is 1.78. The molecule has 2 heterocycles. The van der Waals surface area contributed by atoms with Gasteiger partial charge in [0.25, 0.3) is 0 Å². The van der Waals surface area contributed by atoms with E-state index < -0.39 is 0 Å². The van der Waals surface area contributed by atoms with E-state index in [-0.39, 0.29) is 0 Å². The van der Waals surface area contributed by atoms with Crippen molar-refractivity contribution in [2.45, 2.75) is 58.2 Å². The lowest BCUT2D eigenvalue weighted by molar-refractivity contribution is 0.0706. The van der Waals surface area contributed by atoms with E-state index >= 15 is 0 Å². The van der Waals surface area contributed by atoms with Gasteiger partial charge in [0, 0.05) is 25.2 Å². The molecule has 0 aromatic rings. The Morgan fingerprint density at radius 1 is 1.29 bits per heavy atom. The van der Waals surface area contributed by atoms with Gasteiger partial charge >= 0.3 is 0 Å². The van der Waals surface area contributed by atoms with Crippen LogP contribution in [0.25, 0.3) is 0 Å². The molecule has 0 aromatic heterocycles. The molecule has 100 valence electrons. The summed E-state index contributed by atoms with van der Waals surface area (Å²) in [4.78, 5) is 2.67. The Labute approximate surface area is 106 Å². The monoisotopic (exact) mass is 240 g/mol. The first kappa shape index (κ1) is 13.3. The lowest BCUT2D eigenvalue weighted by Crippen LogP contribution is -2.49. The van der Waals surface area contributed by atoms with Crippen LogP contribution in [0, 0.1) is 5.92 Å². The molecular weight excluding hydrogens is 212 g/mol. The molecule has 0 aliphatic carbocycles. The molecule has 0 bridgehead atoms.